The Hall–Kier alpha value is -1.17. The molecule has 0 saturated heterocycles. The van der Waals surface area contributed by atoms with Gasteiger partial charge in [0.2, 0.25) is 0 Å². The van der Waals surface area contributed by atoms with E-state index in [9.17, 15) is 0 Å². The lowest BCUT2D eigenvalue weighted by Crippen LogP contribution is -1.94. The third-order valence-electron chi connectivity index (χ3n) is 2.12. The first-order chi connectivity index (χ1) is 7.13. The Morgan fingerprint density at radius 1 is 1.53 bits per heavy atom. The summed E-state index contributed by atoms with van der Waals surface area (Å²) in [6.45, 7) is 6.21. The van der Waals surface area contributed by atoms with Crippen molar-refractivity contribution in [2.75, 3.05) is 11.5 Å². The molecule has 82 valence electrons. The summed E-state index contributed by atoms with van der Waals surface area (Å²) >= 11 is 1.67. The number of anilines is 1. The van der Waals surface area contributed by atoms with E-state index in [2.05, 4.69) is 36.0 Å². The fourth-order valence-electron chi connectivity index (χ4n) is 1.34. The lowest BCUT2D eigenvalue weighted by atomic mass is 10.2. The molecule has 2 heterocycles. The highest BCUT2D eigenvalue weighted by Crippen LogP contribution is 2.26. The van der Waals surface area contributed by atoms with Crippen LogP contribution >= 0.6 is 11.8 Å². The van der Waals surface area contributed by atoms with E-state index in [0.29, 0.717) is 11.6 Å². The van der Waals surface area contributed by atoms with E-state index >= 15 is 0 Å². The average Bonchev–Trinajstić information content (AvgIpc) is 2.69. The second-order valence-corrected chi connectivity index (χ2v) is 4.92. The quantitative estimate of drug-likeness (QED) is 0.782. The highest BCUT2D eigenvalue weighted by molar-refractivity contribution is 7.99. The van der Waals surface area contributed by atoms with Crippen LogP contribution in [0, 0.1) is 0 Å². The average molecular weight is 225 g/mol. The molecular weight excluding hydrogens is 210 g/mol. The Kier molecular flexibility index (Phi) is 2.60. The predicted octanol–water partition coefficient (Wildman–Crippen LogP) is 1.87. The monoisotopic (exact) mass is 225 g/mol. The third kappa shape index (κ3) is 1.69. The number of fused-ring (bicyclic) bond motifs is 1. The Morgan fingerprint density at radius 3 is 2.80 bits per heavy atom. The van der Waals surface area contributed by atoms with Crippen molar-refractivity contribution in [2.24, 2.45) is 0 Å². The van der Waals surface area contributed by atoms with Crippen molar-refractivity contribution in [1.29, 1.82) is 0 Å². The molecule has 2 aromatic heterocycles. The summed E-state index contributed by atoms with van der Waals surface area (Å²) in [4.78, 5) is 4.40. The van der Waals surface area contributed by atoms with E-state index in [1.165, 1.54) is 0 Å². The van der Waals surface area contributed by atoms with Gasteiger partial charge in [0.1, 0.15) is 10.7 Å². The van der Waals surface area contributed by atoms with Crippen LogP contribution < -0.4 is 5.73 Å². The zero-order valence-electron chi connectivity index (χ0n) is 9.11. The van der Waals surface area contributed by atoms with E-state index in [0.717, 1.165) is 22.3 Å². The van der Waals surface area contributed by atoms with Gasteiger partial charge in [-0.25, -0.2) is 4.98 Å². The van der Waals surface area contributed by atoms with Crippen molar-refractivity contribution in [3.63, 3.8) is 0 Å². The molecular formula is C9H15N5S. The number of nitrogens with zero attached hydrogens (tertiary/aromatic N) is 3. The van der Waals surface area contributed by atoms with Crippen LogP contribution in [0.3, 0.4) is 0 Å². The Balaban J connectivity index is 2.48. The molecule has 0 aromatic carbocycles. The second-order valence-electron chi connectivity index (χ2n) is 3.65. The minimum Gasteiger partial charge on any atom is -0.393 e. The van der Waals surface area contributed by atoms with Crippen LogP contribution in [0.5, 0.6) is 0 Å². The molecule has 0 bridgehead atoms. The number of nitrogen functional groups attached to an aromatic ring is 1. The van der Waals surface area contributed by atoms with Crippen molar-refractivity contribution in [3.05, 3.63) is 5.82 Å². The van der Waals surface area contributed by atoms with Gasteiger partial charge in [0.05, 0.1) is 0 Å². The fraction of sp³-hybridized carbons (Fsp3) is 0.556. The molecule has 0 aliphatic rings. The molecule has 15 heavy (non-hydrogen) atoms. The number of H-pyrrole nitrogens is 1. The first-order valence-electron chi connectivity index (χ1n) is 5.00. The lowest BCUT2D eigenvalue weighted by Gasteiger charge is -1.96. The zero-order valence-corrected chi connectivity index (χ0v) is 9.93. The fourth-order valence-corrected chi connectivity index (χ4v) is 2.02. The van der Waals surface area contributed by atoms with Gasteiger partial charge >= 0.3 is 0 Å². The van der Waals surface area contributed by atoms with Gasteiger partial charge in [0, 0.05) is 5.92 Å². The Labute approximate surface area is 92.4 Å². The smallest absolute Gasteiger partial charge is 0.199 e. The molecule has 5 nitrogen and oxygen atoms in total. The van der Waals surface area contributed by atoms with Crippen LogP contribution in [0.4, 0.5) is 5.69 Å². The van der Waals surface area contributed by atoms with Crippen LogP contribution in [-0.4, -0.2) is 25.6 Å². The topological polar surface area (TPSA) is 72.0 Å². The van der Waals surface area contributed by atoms with Crippen LogP contribution in [0.15, 0.2) is 5.03 Å². The first kappa shape index (κ1) is 10.4. The van der Waals surface area contributed by atoms with Gasteiger partial charge in [-0.3, -0.25) is 5.10 Å². The number of nitrogens with one attached hydrogen (secondary N) is 1. The maximum atomic E-state index is 5.96. The lowest BCUT2D eigenvalue weighted by molar-refractivity contribution is 0.716. The number of hydrogen-bond donors (Lipinski definition) is 2. The Morgan fingerprint density at radius 2 is 2.27 bits per heavy atom. The summed E-state index contributed by atoms with van der Waals surface area (Å²) in [5.41, 5.74) is 7.39. The van der Waals surface area contributed by atoms with Gasteiger partial charge in [-0.15, -0.1) is 16.9 Å². The van der Waals surface area contributed by atoms with Gasteiger partial charge in [-0.1, -0.05) is 20.8 Å². The van der Waals surface area contributed by atoms with Crippen LogP contribution in [-0.2, 0) is 0 Å². The summed E-state index contributed by atoms with van der Waals surface area (Å²) in [7, 11) is 0. The molecule has 0 saturated carbocycles. The van der Waals surface area contributed by atoms with Crippen LogP contribution in [0.2, 0.25) is 0 Å². The van der Waals surface area contributed by atoms with Crippen LogP contribution in [0.1, 0.15) is 32.5 Å². The van der Waals surface area contributed by atoms with Gasteiger partial charge < -0.3 is 5.73 Å². The number of aromatic nitrogens is 4. The molecule has 0 aliphatic carbocycles. The standard InChI is InChI=1S/C9H15N5S/c1-4-15-9-6(10)8-11-7(5(2)3)12-14(8)13-9/h5,13H,4,10H2,1-3H3. The normalized spacial score (nSPS) is 11.7. The van der Waals surface area contributed by atoms with Crippen molar-refractivity contribution < 1.29 is 0 Å². The van der Waals surface area contributed by atoms with Gasteiger partial charge in [0.25, 0.3) is 0 Å². The highest BCUT2D eigenvalue weighted by atomic mass is 32.2. The summed E-state index contributed by atoms with van der Waals surface area (Å²) < 4.78 is 1.66. The largest absolute Gasteiger partial charge is 0.393 e. The minimum atomic E-state index is 0.319. The maximum absolute atomic E-state index is 5.96. The number of nitrogens with two attached hydrogens (primary N) is 1. The first-order valence-corrected chi connectivity index (χ1v) is 5.99. The minimum absolute atomic E-state index is 0.319. The molecule has 0 radical (unpaired) electrons. The summed E-state index contributed by atoms with van der Waals surface area (Å²) in [6, 6.07) is 0. The van der Waals surface area contributed by atoms with Gasteiger partial charge in [0.15, 0.2) is 11.5 Å². The van der Waals surface area contributed by atoms with Crippen LogP contribution in [0.25, 0.3) is 5.65 Å². The number of thioether (sulfide) groups is 1. The molecule has 0 fully saturated rings. The summed E-state index contributed by atoms with van der Waals surface area (Å²) in [6.07, 6.45) is 0. The molecule has 0 atom stereocenters. The van der Waals surface area contributed by atoms with E-state index in [4.69, 9.17) is 5.73 Å². The SMILES string of the molecule is CCSc1[nH]n2nc(C(C)C)nc2c1N. The molecule has 2 aromatic rings. The van der Waals surface area contributed by atoms with E-state index in [1.54, 1.807) is 16.4 Å². The molecule has 0 spiro atoms. The second kappa shape index (κ2) is 3.77. The molecule has 0 amide bonds. The number of hydrogen-bond acceptors (Lipinski definition) is 4. The van der Waals surface area contributed by atoms with E-state index in [1.807, 2.05) is 0 Å². The summed E-state index contributed by atoms with van der Waals surface area (Å²) in [5.74, 6) is 2.12. The molecule has 6 heteroatoms. The number of aromatic amines is 1. The molecule has 3 N–H and O–H groups in total. The highest BCUT2D eigenvalue weighted by Gasteiger charge is 2.14. The van der Waals surface area contributed by atoms with Gasteiger partial charge in [-0.2, -0.15) is 4.63 Å². The maximum Gasteiger partial charge on any atom is 0.199 e. The number of rotatable bonds is 3. The molecule has 0 unspecified atom stereocenters. The van der Waals surface area contributed by atoms with Gasteiger partial charge in [-0.05, 0) is 5.75 Å². The van der Waals surface area contributed by atoms with Crippen molar-refractivity contribution in [2.45, 2.75) is 31.7 Å². The van der Waals surface area contributed by atoms with E-state index < -0.39 is 0 Å². The third-order valence-corrected chi connectivity index (χ3v) is 3.01. The molecule has 0 aliphatic heterocycles. The zero-order chi connectivity index (χ0) is 11.0. The van der Waals surface area contributed by atoms with Crippen molar-refractivity contribution in [1.82, 2.24) is 19.8 Å². The summed E-state index contributed by atoms with van der Waals surface area (Å²) in [5, 5.41) is 8.40. The van der Waals surface area contributed by atoms with Crippen molar-refractivity contribution >= 4 is 23.1 Å². The van der Waals surface area contributed by atoms with Crippen molar-refractivity contribution in [3.8, 4) is 0 Å². The predicted molar refractivity (Wildman–Crippen MR) is 62.2 cm³/mol. The van der Waals surface area contributed by atoms with E-state index in [-0.39, 0.29) is 0 Å². The Bertz CT molecular complexity index is 470. The molecule has 2 rings (SSSR count).